The summed E-state index contributed by atoms with van der Waals surface area (Å²) in [6.45, 7) is 11.1. The van der Waals surface area contributed by atoms with Crippen LogP contribution in [0.3, 0.4) is 0 Å². The summed E-state index contributed by atoms with van der Waals surface area (Å²) in [5.41, 5.74) is 8.88. The molecule has 1 atom stereocenters. The smallest absolute Gasteiger partial charge is 0.0307 e. The van der Waals surface area contributed by atoms with Crippen molar-refractivity contribution >= 4 is 0 Å². The van der Waals surface area contributed by atoms with Crippen LogP contribution >= 0.6 is 0 Å². The van der Waals surface area contributed by atoms with Crippen molar-refractivity contribution in [3.63, 3.8) is 0 Å². The molecule has 0 saturated heterocycles. The number of likely N-dealkylation sites (N-methyl/N-ethyl adjacent to an activating group) is 1. The number of hydrogen-bond acceptors (Lipinski definition) is 3. The Hall–Kier alpha value is -0.900. The van der Waals surface area contributed by atoms with Crippen LogP contribution in [0.4, 0.5) is 0 Å². The fraction of sp³-hybridized carbons (Fsp3) is 0.667. The SMILES string of the molecule is Cc1ccc(C(N)CCN(CCN(C)C)CC(C)C)cc1. The summed E-state index contributed by atoms with van der Waals surface area (Å²) >= 11 is 0. The van der Waals surface area contributed by atoms with E-state index in [4.69, 9.17) is 5.73 Å². The minimum atomic E-state index is 0.139. The number of rotatable bonds is 9. The third kappa shape index (κ3) is 7.60. The molecule has 2 N–H and O–H groups in total. The number of nitrogens with two attached hydrogens (primary N) is 1. The Balaban J connectivity index is 2.48. The van der Waals surface area contributed by atoms with E-state index < -0.39 is 0 Å². The number of aryl methyl sites for hydroxylation is 1. The third-order valence-corrected chi connectivity index (χ3v) is 3.75. The summed E-state index contributed by atoms with van der Waals surface area (Å²) in [7, 11) is 4.26. The Morgan fingerprint density at radius 1 is 1.00 bits per heavy atom. The van der Waals surface area contributed by atoms with Gasteiger partial charge in [0, 0.05) is 25.7 Å². The van der Waals surface area contributed by atoms with Gasteiger partial charge in [-0.05, 0) is 45.5 Å². The second-order valence-corrected chi connectivity index (χ2v) is 6.80. The topological polar surface area (TPSA) is 32.5 Å². The van der Waals surface area contributed by atoms with Gasteiger partial charge in [0.15, 0.2) is 0 Å². The van der Waals surface area contributed by atoms with Crippen molar-refractivity contribution in [3.05, 3.63) is 35.4 Å². The third-order valence-electron chi connectivity index (χ3n) is 3.75. The molecule has 0 heterocycles. The first kappa shape index (κ1) is 18.1. The fourth-order valence-electron chi connectivity index (χ4n) is 2.45. The Morgan fingerprint density at radius 2 is 1.62 bits per heavy atom. The van der Waals surface area contributed by atoms with Crippen molar-refractivity contribution < 1.29 is 0 Å². The molecule has 0 fully saturated rings. The molecule has 0 aromatic heterocycles. The molecule has 0 aliphatic heterocycles. The first-order chi connectivity index (χ1) is 9.88. The first-order valence-corrected chi connectivity index (χ1v) is 8.07. The minimum absolute atomic E-state index is 0.139. The van der Waals surface area contributed by atoms with Crippen LogP contribution in [0.25, 0.3) is 0 Å². The van der Waals surface area contributed by atoms with Gasteiger partial charge in [0.25, 0.3) is 0 Å². The van der Waals surface area contributed by atoms with Crippen LogP contribution in [0.5, 0.6) is 0 Å². The number of benzene rings is 1. The standard InChI is InChI=1S/C18H33N3/c1-15(2)14-21(13-12-20(4)5)11-10-18(19)17-8-6-16(3)7-9-17/h6-9,15,18H,10-14,19H2,1-5H3. The van der Waals surface area contributed by atoms with Crippen LogP contribution in [0.2, 0.25) is 0 Å². The molecule has 1 unspecified atom stereocenters. The van der Waals surface area contributed by atoms with E-state index in [1.807, 2.05) is 0 Å². The molecule has 1 rings (SSSR count). The monoisotopic (exact) mass is 291 g/mol. The van der Waals surface area contributed by atoms with Crippen LogP contribution < -0.4 is 5.73 Å². The van der Waals surface area contributed by atoms with Gasteiger partial charge >= 0.3 is 0 Å². The van der Waals surface area contributed by atoms with E-state index in [9.17, 15) is 0 Å². The van der Waals surface area contributed by atoms with Gasteiger partial charge < -0.3 is 15.5 Å². The molecule has 3 nitrogen and oxygen atoms in total. The zero-order chi connectivity index (χ0) is 15.8. The molecule has 3 heteroatoms. The van der Waals surface area contributed by atoms with Crippen molar-refractivity contribution in [1.29, 1.82) is 0 Å². The molecule has 0 aliphatic rings. The van der Waals surface area contributed by atoms with Gasteiger partial charge in [-0.25, -0.2) is 0 Å². The maximum absolute atomic E-state index is 6.34. The average molecular weight is 291 g/mol. The lowest BCUT2D eigenvalue weighted by atomic mass is 10.0. The molecule has 0 saturated carbocycles. The highest BCUT2D eigenvalue weighted by atomic mass is 15.2. The maximum atomic E-state index is 6.34. The molecular formula is C18H33N3. The van der Waals surface area contributed by atoms with E-state index in [0.29, 0.717) is 5.92 Å². The molecule has 0 amide bonds. The van der Waals surface area contributed by atoms with E-state index in [2.05, 4.69) is 68.9 Å². The second kappa shape index (κ2) is 9.19. The van der Waals surface area contributed by atoms with E-state index >= 15 is 0 Å². The van der Waals surface area contributed by atoms with Gasteiger partial charge in [0.05, 0.1) is 0 Å². The molecule has 0 spiro atoms. The fourth-order valence-corrected chi connectivity index (χ4v) is 2.45. The van der Waals surface area contributed by atoms with E-state index in [-0.39, 0.29) is 6.04 Å². The summed E-state index contributed by atoms with van der Waals surface area (Å²) in [5.74, 6) is 0.697. The first-order valence-electron chi connectivity index (χ1n) is 8.07. The molecule has 0 radical (unpaired) electrons. The predicted octanol–water partition coefficient (Wildman–Crippen LogP) is 2.90. The molecule has 1 aromatic rings. The van der Waals surface area contributed by atoms with Crippen molar-refractivity contribution in [2.45, 2.75) is 33.2 Å². The number of hydrogen-bond donors (Lipinski definition) is 1. The molecule has 0 bridgehead atoms. The predicted molar refractivity (Wildman–Crippen MR) is 92.6 cm³/mol. The maximum Gasteiger partial charge on any atom is 0.0307 e. The van der Waals surface area contributed by atoms with Crippen molar-refractivity contribution in [1.82, 2.24) is 9.80 Å². The Kier molecular flexibility index (Phi) is 7.94. The molecule has 0 aliphatic carbocycles. The van der Waals surface area contributed by atoms with Gasteiger partial charge in [-0.3, -0.25) is 0 Å². The van der Waals surface area contributed by atoms with Gasteiger partial charge in [-0.15, -0.1) is 0 Å². The largest absolute Gasteiger partial charge is 0.324 e. The summed E-state index contributed by atoms with van der Waals surface area (Å²) in [6, 6.07) is 8.75. The van der Waals surface area contributed by atoms with Crippen LogP contribution in [0.15, 0.2) is 24.3 Å². The van der Waals surface area contributed by atoms with E-state index in [1.165, 1.54) is 11.1 Å². The zero-order valence-electron chi connectivity index (χ0n) is 14.5. The van der Waals surface area contributed by atoms with Crippen molar-refractivity contribution in [2.24, 2.45) is 11.7 Å². The van der Waals surface area contributed by atoms with Gasteiger partial charge in [0.1, 0.15) is 0 Å². The van der Waals surface area contributed by atoms with Crippen LogP contribution in [-0.4, -0.2) is 50.1 Å². The Morgan fingerprint density at radius 3 is 2.14 bits per heavy atom. The zero-order valence-corrected chi connectivity index (χ0v) is 14.5. The molecular weight excluding hydrogens is 258 g/mol. The van der Waals surface area contributed by atoms with Gasteiger partial charge in [0.2, 0.25) is 0 Å². The Bertz CT molecular complexity index is 384. The lowest BCUT2D eigenvalue weighted by molar-refractivity contribution is 0.212. The summed E-state index contributed by atoms with van der Waals surface area (Å²) in [5, 5.41) is 0. The molecule has 1 aromatic carbocycles. The van der Waals surface area contributed by atoms with Crippen LogP contribution in [0, 0.1) is 12.8 Å². The summed E-state index contributed by atoms with van der Waals surface area (Å²) in [6.07, 6.45) is 1.02. The van der Waals surface area contributed by atoms with Crippen LogP contribution in [-0.2, 0) is 0 Å². The van der Waals surface area contributed by atoms with Crippen LogP contribution in [0.1, 0.15) is 37.4 Å². The minimum Gasteiger partial charge on any atom is -0.324 e. The average Bonchev–Trinajstić information content (AvgIpc) is 2.41. The number of nitrogens with zero attached hydrogens (tertiary/aromatic N) is 2. The lowest BCUT2D eigenvalue weighted by Crippen LogP contribution is -2.36. The molecule has 21 heavy (non-hydrogen) atoms. The lowest BCUT2D eigenvalue weighted by Gasteiger charge is -2.27. The highest BCUT2D eigenvalue weighted by Gasteiger charge is 2.11. The van der Waals surface area contributed by atoms with E-state index in [0.717, 1.165) is 32.6 Å². The van der Waals surface area contributed by atoms with Gasteiger partial charge in [-0.1, -0.05) is 43.7 Å². The normalized spacial score (nSPS) is 13.4. The van der Waals surface area contributed by atoms with E-state index in [1.54, 1.807) is 0 Å². The second-order valence-electron chi connectivity index (χ2n) is 6.80. The van der Waals surface area contributed by atoms with Gasteiger partial charge in [-0.2, -0.15) is 0 Å². The highest BCUT2D eigenvalue weighted by Crippen LogP contribution is 2.15. The highest BCUT2D eigenvalue weighted by molar-refractivity contribution is 5.23. The Labute approximate surface area is 131 Å². The summed E-state index contributed by atoms with van der Waals surface area (Å²) < 4.78 is 0. The summed E-state index contributed by atoms with van der Waals surface area (Å²) in [4.78, 5) is 4.78. The van der Waals surface area contributed by atoms with Crippen molar-refractivity contribution in [3.8, 4) is 0 Å². The van der Waals surface area contributed by atoms with Crippen molar-refractivity contribution in [2.75, 3.05) is 40.3 Å². The molecule has 120 valence electrons. The quantitative estimate of drug-likeness (QED) is 0.759.